The molecule has 0 aliphatic rings. The summed E-state index contributed by atoms with van der Waals surface area (Å²) in [5, 5.41) is 0.824. The van der Waals surface area contributed by atoms with Gasteiger partial charge in [-0.2, -0.15) is 13.2 Å². The summed E-state index contributed by atoms with van der Waals surface area (Å²) in [5.41, 5.74) is 0.606. The highest BCUT2D eigenvalue weighted by Crippen LogP contribution is 2.20. The molecule has 18 heavy (non-hydrogen) atoms. The minimum absolute atomic E-state index is 0.606. The molecule has 0 spiro atoms. The van der Waals surface area contributed by atoms with Crippen LogP contribution in [0.3, 0.4) is 0 Å². The second-order valence-corrected chi connectivity index (χ2v) is 3.72. The summed E-state index contributed by atoms with van der Waals surface area (Å²) >= 11 is 0. The molecule has 1 aromatic carbocycles. The molecular weight excluding hydrogens is 247 g/mol. The van der Waals surface area contributed by atoms with E-state index in [4.69, 9.17) is 0 Å². The summed E-state index contributed by atoms with van der Waals surface area (Å²) < 4.78 is 41.5. The van der Waals surface area contributed by atoms with E-state index in [1.807, 2.05) is 6.07 Å². The molecule has 2 aromatic rings. The van der Waals surface area contributed by atoms with Gasteiger partial charge in [-0.05, 0) is 12.1 Å². The first-order valence-corrected chi connectivity index (χ1v) is 5.27. The van der Waals surface area contributed by atoms with E-state index in [0.717, 1.165) is 5.39 Å². The van der Waals surface area contributed by atoms with Crippen molar-refractivity contribution in [3.05, 3.63) is 36.5 Å². The summed E-state index contributed by atoms with van der Waals surface area (Å²) in [6.07, 6.45) is -4.79. The number of carbonyl (C=O) groups excluding carboxylic acids is 1. The molecule has 0 N–H and O–H groups in total. The Morgan fingerprint density at radius 2 is 1.94 bits per heavy atom. The van der Waals surface area contributed by atoms with Gasteiger partial charge in [-0.15, -0.1) is 0 Å². The molecule has 0 aliphatic carbocycles. The predicted octanol–water partition coefficient (Wildman–Crippen LogP) is 3.58. The molecule has 0 saturated heterocycles. The molecule has 0 atom stereocenters. The highest BCUT2D eigenvalue weighted by molar-refractivity contribution is 5.89. The van der Waals surface area contributed by atoms with Gasteiger partial charge in [0, 0.05) is 11.6 Å². The third-order valence-corrected chi connectivity index (χ3v) is 2.41. The van der Waals surface area contributed by atoms with Gasteiger partial charge >= 0.3 is 12.3 Å². The van der Waals surface area contributed by atoms with E-state index in [1.165, 1.54) is 10.8 Å². The van der Waals surface area contributed by atoms with Crippen molar-refractivity contribution < 1.29 is 22.7 Å². The Morgan fingerprint density at radius 3 is 2.67 bits per heavy atom. The first kappa shape index (κ1) is 12.5. The number of halogens is 3. The molecule has 96 valence electrons. The third kappa shape index (κ3) is 2.82. The van der Waals surface area contributed by atoms with Crippen LogP contribution in [0.1, 0.15) is 6.42 Å². The van der Waals surface area contributed by atoms with Gasteiger partial charge in [0.1, 0.15) is 6.61 Å². The van der Waals surface area contributed by atoms with Crippen molar-refractivity contribution in [2.75, 3.05) is 6.61 Å². The van der Waals surface area contributed by atoms with E-state index in [2.05, 4.69) is 4.74 Å². The SMILES string of the molecule is O=C(OCCC(F)(F)F)n1ccc2ccccc21. The average Bonchev–Trinajstić information content (AvgIpc) is 2.70. The van der Waals surface area contributed by atoms with Crippen molar-refractivity contribution in [3.63, 3.8) is 0 Å². The van der Waals surface area contributed by atoms with Gasteiger partial charge in [-0.1, -0.05) is 18.2 Å². The molecule has 0 bridgehead atoms. The number of aromatic nitrogens is 1. The van der Waals surface area contributed by atoms with Gasteiger partial charge in [-0.3, -0.25) is 4.57 Å². The van der Waals surface area contributed by atoms with Crippen LogP contribution in [-0.4, -0.2) is 23.4 Å². The fourth-order valence-electron chi connectivity index (χ4n) is 1.57. The summed E-state index contributed by atoms with van der Waals surface area (Å²) in [7, 11) is 0. The Hall–Kier alpha value is -1.98. The van der Waals surface area contributed by atoms with Crippen LogP contribution < -0.4 is 0 Å². The number of benzene rings is 1. The lowest BCUT2D eigenvalue weighted by Crippen LogP contribution is -2.17. The van der Waals surface area contributed by atoms with Gasteiger partial charge in [-0.25, -0.2) is 4.79 Å². The van der Waals surface area contributed by atoms with Crippen LogP contribution in [-0.2, 0) is 4.74 Å². The van der Waals surface area contributed by atoms with Gasteiger partial charge in [0.25, 0.3) is 0 Å². The molecule has 6 heteroatoms. The van der Waals surface area contributed by atoms with Crippen LogP contribution in [0.5, 0.6) is 0 Å². The molecule has 1 heterocycles. The zero-order valence-electron chi connectivity index (χ0n) is 9.28. The van der Waals surface area contributed by atoms with Crippen LogP contribution in [0, 0.1) is 0 Å². The van der Waals surface area contributed by atoms with Gasteiger partial charge < -0.3 is 4.74 Å². The fraction of sp³-hybridized carbons (Fsp3) is 0.250. The third-order valence-electron chi connectivity index (χ3n) is 2.41. The summed E-state index contributed by atoms with van der Waals surface area (Å²) in [6, 6.07) is 8.74. The van der Waals surface area contributed by atoms with Crippen LogP contribution in [0.2, 0.25) is 0 Å². The molecule has 2 rings (SSSR count). The largest absolute Gasteiger partial charge is 0.449 e. The lowest BCUT2D eigenvalue weighted by Gasteiger charge is -2.08. The number of fused-ring (bicyclic) bond motifs is 1. The topological polar surface area (TPSA) is 31.2 Å². The Kier molecular flexibility index (Phi) is 3.27. The standard InChI is InChI=1S/C12H10F3NO2/c13-12(14,15)6-8-18-11(17)16-7-5-9-3-1-2-4-10(9)16/h1-5,7H,6,8H2. The quantitative estimate of drug-likeness (QED) is 0.823. The van der Waals surface area contributed by atoms with E-state index >= 15 is 0 Å². The van der Waals surface area contributed by atoms with Crippen molar-refractivity contribution in [3.8, 4) is 0 Å². The Bertz CT molecular complexity index is 560. The van der Waals surface area contributed by atoms with Gasteiger partial charge in [0.05, 0.1) is 11.9 Å². The maximum absolute atomic E-state index is 11.9. The first-order valence-electron chi connectivity index (χ1n) is 5.27. The number of rotatable bonds is 2. The number of para-hydroxylation sites is 1. The summed E-state index contributed by atoms with van der Waals surface area (Å²) in [4.78, 5) is 11.6. The number of nitrogens with zero attached hydrogens (tertiary/aromatic N) is 1. The fourth-order valence-corrected chi connectivity index (χ4v) is 1.57. The molecule has 3 nitrogen and oxygen atoms in total. The molecule has 1 aromatic heterocycles. The number of ether oxygens (including phenoxy) is 1. The van der Waals surface area contributed by atoms with Gasteiger partial charge in [0.2, 0.25) is 0 Å². The molecule has 0 saturated carbocycles. The van der Waals surface area contributed by atoms with Crippen molar-refractivity contribution in [1.82, 2.24) is 4.57 Å². The zero-order chi connectivity index (χ0) is 13.2. The van der Waals surface area contributed by atoms with Crippen LogP contribution >= 0.6 is 0 Å². The van der Waals surface area contributed by atoms with Gasteiger partial charge in [0.15, 0.2) is 0 Å². The lowest BCUT2D eigenvalue weighted by atomic mass is 10.2. The van der Waals surface area contributed by atoms with Crippen LogP contribution in [0.25, 0.3) is 10.9 Å². The lowest BCUT2D eigenvalue weighted by molar-refractivity contribution is -0.141. The normalized spacial score (nSPS) is 11.7. The van der Waals surface area contributed by atoms with Crippen LogP contribution in [0.4, 0.5) is 18.0 Å². The minimum atomic E-state index is -4.32. The monoisotopic (exact) mass is 257 g/mol. The Morgan fingerprint density at radius 1 is 1.22 bits per heavy atom. The second kappa shape index (κ2) is 4.72. The molecular formula is C12H10F3NO2. The molecule has 0 unspecified atom stereocenters. The highest BCUT2D eigenvalue weighted by atomic mass is 19.4. The molecule has 0 aliphatic heterocycles. The number of hydrogen-bond acceptors (Lipinski definition) is 2. The number of alkyl halides is 3. The van der Waals surface area contributed by atoms with Crippen molar-refractivity contribution >= 4 is 17.0 Å². The average molecular weight is 257 g/mol. The van der Waals surface area contributed by atoms with Crippen molar-refractivity contribution in [1.29, 1.82) is 0 Å². The van der Waals surface area contributed by atoms with E-state index < -0.39 is 25.3 Å². The maximum atomic E-state index is 11.9. The zero-order valence-corrected chi connectivity index (χ0v) is 9.28. The Labute approximate surface area is 101 Å². The highest BCUT2D eigenvalue weighted by Gasteiger charge is 2.27. The molecule has 0 amide bonds. The number of carbonyl (C=O) groups is 1. The van der Waals surface area contributed by atoms with E-state index in [1.54, 1.807) is 24.3 Å². The predicted molar refractivity (Wildman–Crippen MR) is 59.4 cm³/mol. The van der Waals surface area contributed by atoms with Crippen molar-refractivity contribution in [2.24, 2.45) is 0 Å². The van der Waals surface area contributed by atoms with Crippen molar-refractivity contribution in [2.45, 2.75) is 12.6 Å². The second-order valence-electron chi connectivity index (χ2n) is 3.72. The Balaban J connectivity index is 2.05. The minimum Gasteiger partial charge on any atom is -0.449 e. The maximum Gasteiger partial charge on any atom is 0.418 e. The smallest absolute Gasteiger partial charge is 0.418 e. The van der Waals surface area contributed by atoms with E-state index in [-0.39, 0.29) is 0 Å². The summed E-state index contributed by atoms with van der Waals surface area (Å²) in [5.74, 6) is 0. The van der Waals surface area contributed by atoms with Crippen LogP contribution in [0.15, 0.2) is 36.5 Å². The first-order chi connectivity index (χ1) is 8.47. The summed E-state index contributed by atoms with van der Waals surface area (Å²) in [6.45, 7) is -0.672. The van der Waals surface area contributed by atoms with E-state index in [9.17, 15) is 18.0 Å². The molecule has 0 radical (unpaired) electrons. The molecule has 0 fully saturated rings. The number of hydrogen-bond donors (Lipinski definition) is 0. The van der Waals surface area contributed by atoms with E-state index in [0.29, 0.717) is 5.52 Å².